The van der Waals surface area contributed by atoms with E-state index in [1.165, 1.54) is 0 Å². The average molecular weight is 297 g/mol. The Bertz CT molecular complexity index is 354. The summed E-state index contributed by atoms with van der Waals surface area (Å²) in [4.78, 5) is 2.49. The molecule has 1 aliphatic heterocycles. The molecule has 0 bridgehead atoms. The van der Waals surface area contributed by atoms with Gasteiger partial charge < -0.3 is 9.84 Å². The van der Waals surface area contributed by atoms with Crippen molar-refractivity contribution in [1.82, 2.24) is 4.90 Å². The topological polar surface area (TPSA) is 32.7 Å². The van der Waals surface area contributed by atoms with Gasteiger partial charge in [-0.1, -0.05) is 20.8 Å². The van der Waals surface area contributed by atoms with Crippen LogP contribution in [0.4, 0.5) is 0 Å². The first-order valence-corrected chi connectivity index (χ1v) is 8.52. The third kappa shape index (κ3) is 4.20. The maximum Gasteiger partial charge on any atom is 0.0760 e. The zero-order valence-corrected chi connectivity index (χ0v) is 15.1. The predicted octanol–water partition coefficient (Wildman–Crippen LogP) is 3.45. The summed E-state index contributed by atoms with van der Waals surface area (Å²) in [5.74, 6) is 0.694. The molecule has 124 valence electrons. The zero-order chi connectivity index (χ0) is 16.1. The number of hydrogen-bond acceptors (Lipinski definition) is 3. The van der Waals surface area contributed by atoms with Gasteiger partial charge in [-0.3, -0.25) is 4.90 Å². The van der Waals surface area contributed by atoms with Crippen molar-refractivity contribution < 1.29 is 9.84 Å². The summed E-state index contributed by atoms with van der Waals surface area (Å²) in [6.07, 6.45) is 3.01. The molecular formula is C18H35NO2. The van der Waals surface area contributed by atoms with Gasteiger partial charge in [-0.15, -0.1) is 0 Å². The van der Waals surface area contributed by atoms with Gasteiger partial charge in [0.2, 0.25) is 0 Å². The lowest BCUT2D eigenvalue weighted by molar-refractivity contribution is -0.198. The van der Waals surface area contributed by atoms with E-state index >= 15 is 0 Å². The van der Waals surface area contributed by atoms with E-state index in [4.69, 9.17) is 4.74 Å². The Labute approximate surface area is 131 Å². The highest BCUT2D eigenvalue weighted by Gasteiger charge is 2.44. The fraction of sp³-hybridized carbons (Fsp3) is 1.00. The van der Waals surface area contributed by atoms with Crippen LogP contribution in [0.5, 0.6) is 0 Å². The van der Waals surface area contributed by atoms with Crippen molar-refractivity contribution in [3.8, 4) is 0 Å². The van der Waals surface area contributed by atoms with E-state index in [2.05, 4.69) is 53.4 Å². The number of aliphatic hydroxyl groups is 1. The molecule has 3 atom stereocenters. The molecule has 2 rings (SSSR count). The molecule has 1 heterocycles. The molecule has 1 saturated heterocycles. The van der Waals surface area contributed by atoms with E-state index in [1.807, 2.05) is 0 Å². The van der Waals surface area contributed by atoms with Gasteiger partial charge in [0, 0.05) is 19.1 Å². The van der Waals surface area contributed by atoms with E-state index in [1.54, 1.807) is 0 Å². The van der Waals surface area contributed by atoms with Gasteiger partial charge in [0.25, 0.3) is 0 Å². The molecule has 2 aliphatic rings. The lowest BCUT2D eigenvalue weighted by Crippen LogP contribution is -2.62. The number of nitrogens with zero attached hydrogens (tertiary/aromatic N) is 1. The zero-order valence-electron chi connectivity index (χ0n) is 15.1. The molecule has 0 aromatic carbocycles. The Morgan fingerprint density at radius 2 is 1.52 bits per heavy atom. The van der Waals surface area contributed by atoms with Crippen LogP contribution in [0.3, 0.4) is 0 Å². The highest BCUT2D eigenvalue weighted by molar-refractivity contribution is 4.97. The van der Waals surface area contributed by atoms with Crippen molar-refractivity contribution in [2.24, 2.45) is 11.3 Å². The van der Waals surface area contributed by atoms with Crippen molar-refractivity contribution in [2.75, 3.05) is 13.1 Å². The molecule has 0 aromatic heterocycles. The van der Waals surface area contributed by atoms with E-state index < -0.39 is 0 Å². The predicted molar refractivity (Wildman–Crippen MR) is 87.4 cm³/mol. The third-order valence-corrected chi connectivity index (χ3v) is 5.20. The lowest BCUT2D eigenvalue weighted by atomic mass is 9.69. The van der Waals surface area contributed by atoms with Gasteiger partial charge in [-0.2, -0.15) is 0 Å². The second-order valence-corrected chi connectivity index (χ2v) is 9.54. The summed E-state index contributed by atoms with van der Waals surface area (Å²) in [5, 5.41) is 10.6. The number of hydrogen-bond donors (Lipinski definition) is 1. The molecule has 0 spiro atoms. The molecule has 3 heteroatoms. The van der Waals surface area contributed by atoms with Crippen LogP contribution < -0.4 is 0 Å². The summed E-state index contributed by atoms with van der Waals surface area (Å²) in [6.45, 7) is 17.5. The maximum atomic E-state index is 10.6. The molecule has 3 nitrogen and oxygen atoms in total. The molecule has 3 unspecified atom stereocenters. The molecule has 0 amide bonds. The van der Waals surface area contributed by atoms with Crippen LogP contribution in [-0.4, -0.2) is 46.4 Å². The second kappa shape index (κ2) is 5.50. The summed E-state index contributed by atoms with van der Waals surface area (Å²) in [5.41, 5.74) is 0.0437. The molecule has 2 fully saturated rings. The van der Waals surface area contributed by atoms with Gasteiger partial charge in [-0.05, 0) is 58.3 Å². The molecule has 21 heavy (non-hydrogen) atoms. The summed E-state index contributed by atoms with van der Waals surface area (Å²) < 4.78 is 6.19. The monoisotopic (exact) mass is 297 g/mol. The van der Waals surface area contributed by atoms with E-state index in [9.17, 15) is 5.11 Å². The normalized spacial score (nSPS) is 37.4. The van der Waals surface area contributed by atoms with Gasteiger partial charge in [-0.25, -0.2) is 0 Å². The Morgan fingerprint density at radius 1 is 1.00 bits per heavy atom. The van der Waals surface area contributed by atoms with Gasteiger partial charge in [0.1, 0.15) is 0 Å². The smallest absolute Gasteiger partial charge is 0.0760 e. The maximum absolute atomic E-state index is 10.6. The fourth-order valence-corrected chi connectivity index (χ4v) is 4.39. The molecule has 1 N–H and O–H groups in total. The fourth-order valence-electron chi connectivity index (χ4n) is 4.39. The summed E-state index contributed by atoms with van der Waals surface area (Å²) >= 11 is 0. The Balaban J connectivity index is 2.14. The van der Waals surface area contributed by atoms with E-state index in [0.29, 0.717) is 11.3 Å². The minimum Gasteiger partial charge on any atom is -0.391 e. The molecule has 1 saturated carbocycles. The van der Waals surface area contributed by atoms with Crippen LogP contribution in [0.25, 0.3) is 0 Å². The third-order valence-electron chi connectivity index (χ3n) is 5.20. The van der Waals surface area contributed by atoms with Crippen LogP contribution in [0.15, 0.2) is 0 Å². The number of ether oxygens (including phenoxy) is 1. The van der Waals surface area contributed by atoms with Crippen molar-refractivity contribution in [2.45, 2.75) is 91.1 Å². The first-order chi connectivity index (χ1) is 9.40. The van der Waals surface area contributed by atoms with Crippen molar-refractivity contribution in [1.29, 1.82) is 0 Å². The van der Waals surface area contributed by atoms with Crippen molar-refractivity contribution >= 4 is 0 Å². The minimum absolute atomic E-state index is 0.143. The first-order valence-electron chi connectivity index (χ1n) is 8.52. The number of rotatable bonds is 1. The van der Waals surface area contributed by atoms with Gasteiger partial charge in [0.15, 0.2) is 0 Å². The largest absolute Gasteiger partial charge is 0.391 e. The molecule has 1 aliphatic carbocycles. The van der Waals surface area contributed by atoms with E-state index in [0.717, 1.165) is 32.4 Å². The first kappa shape index (κ1) is 17.2. The summed E-state index contributed by atoms with van der Waals surface area (Å²) in [6, 6.07) is 0.283. The molecular weight excluding hydrogens is 262 g/mol. The van der Waals surface area contributed by atoms with Crippen LogP contribution in [0.1, 0.15) is 67.7 Å². The molecule has 0 radical (unpaired) electrons. The van der Waals surface area contributed by atoms with Gasteiger partial charge in [0.05, 0.1) is 17.3 Å². The Kier molecular flexibility index (Phi) is 4.52. The number of morpholine rings is 1. The van der Waals surface area contributed by atoms with Crippen LogP contribution >= 0.6 is 0 Å². The number of aliphatic hydroxyl groups excluding tert-OH is 1. The lowest BCUT2D eigenvalue weighted by Gasteiger charge is -2.53. The van der Waals surface area contributed by atoms with Gasteiger partial charge >= 0.3 is 0 Å². The van der Waals surface area contributed by atoms with Crippen LogP contribution in [0.2, 0.25) is 0 Å². The summed E-state index contributed by atoms with van der Waals surface area (Å²) in [7, 11) is 0. The highest BCUT2D eigenvalue weighted by atomic mass is 16.5. The average Bonchev–Trinajstić information content (AvgIpc) is 2.23. The van der Waals surface area contributed by atoms with Crippen molar-refractivity contribution in [3.63, 3.8) is 0 Å². The van der Waals surface area contributed by atoms with Crippen LogP contribution in [-0.2, 0) is 4.74 Å². The second-order valence-electron chi connectivity index (χ2n) is 9.54. The Hall–Kier alpha value is -0.120. The minimum atomic E-state index is -0.187. The quantitative estimate of drug-likeness (QED) is 0.804. The molecule has 0 aromatic rings. The van der Waals surface area contributed by atoms with E-state index in [-0.39, 0.29) is 23.3 Å². The standard InChI is InChI=1S/C18H35NO2/c1-16(2,3)13-8-9-15(20)14(10-13)19-11-17(4,5)21-18(6,7)12-19/h13-15,20H,8-12H2,1-7H3. The van der Waals surface area contributed by atoms with Crippen LogP contribution in [0, 0.1) is 11.3 Å². The highest BCUT2D eigenvalue weighted by Crippen LogP contribution is 2.41. The Morgan fingerprint density at radius 3 is 2.00 bits per heavy atom. The SMILES string of the molecule is CC1(C)CN(C2CC(C(C)(C)C)CCC2O)CC(C)(C)O1. The van der Waals surface area contributed by atoms with Crippen molar-refractivity contribution in [3.05, 3.63) is 0 Å².